The van der Waals surface area contributed by atoms with E-state index in [9.17, 15) is 4.79 Å². The zero-order valence-electron chi connectivity index (χ0n) is 13.8. The summed E-state index contributed by atoms with van der Waals surface area (Å²) in [5.41, 5.74) is 1.69. The van der Waals surface area contributed by atoms with Crippen molar-refractivity contribution in [3.8, 4) is 11.5 Å². The zero-order valence-corrected chi connectivity index (χ0v) is 14.6. The van der Waals surface area contributed by atoms with Gasteiger partial charge in [0.05, 0.1) is 23.5 Å². The van der Waals surface area contributed by atoms with Crippen molar-refractivity contribution in [2.75, 3.05) is 0 Å². The maximum absolute atomic E-state index is 12.8. The molecule has 0 aliphatic heterocycles. The van der Waals surface area contributed by atoms with Crippen molar-refractivity contribution in [2.24, 2.45) is 0 Å². The van der Waals surface area contributed by atoms with Crippen LogP contribution < -0.4 is 5.56 Å². The number of furan rings is 1. The summed E-state index contributed by atoms with van der Waals surface area (Å²) in [5, 5.41) is 5.24. The number of fused-ring (bicyclic) bond motifs is 3. The first kappa shape index (κ1) is 15.8. The Labute approximate surface area is 156 Å². The van der Waals surface area contributed by atoms with E-state index in [1.807, 2.05) is 30.3 Å². The van der Waals surface area contributed by atoms with Gasteiger partial charge in [-0.3, -0.25) is 9.36 Å². The molecule has 5 rings (SSSR count). The average Bonchev–Trinajstić information content (AvgIpc) is 3.29. The van der Waals surface area contributed by atoms with Crippen molar-refractivity contribution in [1.82, 2.24) is 19.7 Å². The van der Waals surface area contributed by atoms with Crippen LogP contribution in [0.25, 0.3) is 33.5 Å². The smallest absolute Gasteiger partial charge is 0.297 e. The number of aromatic nitrogens is 4. The second-order valence-electron chi connectivity index (χ2n) is 5.95. The molecule has 0 amide bonds. The van der Waals surface area contributed by atoms with E-state index in [1.165, 1.54) is 10.9 Å². The first-order valence-corrected chi connectivity index (χ1v) is 8.52. The number of benzene rings is 2. The fourth-order valence-electron chi connectivity index (χ4n) is 2.94. The van der Waals surface area contributed by atoms with Gasteiger partial charge in [-0.15, -0.1) is 0 Å². The normalized spacial score (nSPS) is 11.4. The predicted molar refractivity (Wildman–Crippen MR) is 99.6 cm³/mol. The molecule has 5 aromatic rings. The monoisotopic (exact) mass is 378 g/mol. The molecule has 0 bridgehead atoms. The van der Waals surface area contributed by atoms with Gasteiger partial charge in [-0.25, -0.2) is 4.98 Å². The lowest BCUT2D eigenvalue weighted by molar-refractivity contribution is 0.420. The molecular weight excluding hydrogens is 368 g/mol. The summed E-state index contributed by atoms with van der Waals surface area (Å²) >= 11 is 6.15. The highest BCUT2D eigenvalue weighted by Gasteiger charge is 2.16. The molecule has 0 unspecified atom stereocenters. The minimum Gasteiger partial charge on any atom is -0.448 e. The lowest BCUT2D eigenvalue weighted by atomic mass is 10.2. The summed E-state index contributed by atoms with van der Waals surface area (Å²) < 4.78 is 12.3. The summed E-state index contributed by atoms with van der Waals surface area (Å²) in [6, 6.07) is 14.6. The van der Waals surface area contributed by atoms with Crippen LogP contribution in [0.2, 0.25) is 5.02 Å². The standard InChI is InChI=1S/C19H11ClN4O3/c20-13-7-3-1-5-11(13)18-22-15(23-27-18)9-24-10-21-16-12-6-2-4-8-14(12)26-17(16)19(24)25/h1-8,10H,9H2. The van der Waals surface area contributed by atoms with Crippen molar-refractivity contribution in [3.63, 3.8) is 0 Å². The van der Waals surface area contributed by atoms with Crippen LogP contribution in [0.4, 0.5) is 0 Å². The van der Waals surface area contributed by atoms with Gasteiger partial charge in [-0.2, -0.15) is 4.98 Å². The minimum absolute atomic E-state index is 0.104. The highest BCUT2D eigenvalue weighted by molar-refractivity contribution is 6.33. The number of para-hydroxylation sites is 1. The van der Waals surface area contributed by atoms with Gasteiger partial charge in [-0.1, -0.05) is 41.0 Å². The van der Waals surface area contributed by atoms with Gasteiger partial charge in [0.1, 0.15) is 11.1 Å². The number of hydrogen-bond donors (Lipinski definition) is 0. The molecule has 0 saturated carbocycles. The quantitative estimate of drug-likeness (QED) is 0.473. The van der Waals surface area contributed by atoms with Gasteiger partial charge >= 0.3 is 0 Å². The van der Waals surface area contributed by atoms with Crippen LogP contribution in [0.3, 0.4) is 0 Å². The molecule has 0 N–H and O–H groups in total. The Morgan fingerprint density at radius 1 is 1.07 bits per heavy atom. The lowest BCUT2D eigenvalue weighted by Gasteiger charge is -2.00. The second kappa shape index (κ2) is 6.07. The van der Waals surface area contributed by atoms with E-state index in [0.29, 0.717) is 33.4 Å². The Hall–Kier alpha value is -3.45. The van der Waals surface area contributed by atoms with Gasteiger partial charge in [0, 0.05) is 5.39 Å². The molecule has 27 heavy (non-hydrogen) atoms. The maximum Gasteiger partial charge on any atom is 0.297 e. The molecule has 7 nitrogen and oxygen atoms in total. The molecular formula is C19H11ClN4O3. The summed E-state index contributed by atoms with van der Waals surface area (Å²) in [4.78, 5) is 21.4. The van der Waals surface area contributed by atoms with Crippen molar-refractivity contribution in [2.45, 2.75) is 6.54 Å². The second-order valence-corrected chi connectivity index (χ2v) is 6.36. The molecule has 0 saturated heterocycles. The van der Waals surface area contributed by atoms with Crippen LogP contribution in [-0.2, 0) is 6.54 Å². The lowest BCUT2D eigenvalue weighted by Crippen LogP contribution is -2.21. The third-order valence-corrected chi connectivity index (χ3v) is 4.56. The summed E-state index contributed by atoms with van der Waals surface area (Å²) in [7, 11) is 0. The highest BCUT2D eigenvalue weighted by Crippen LogP contribution is 2.26. The average molecular weight is 379 g/mol. The Bertz CT molecular complexity index is 1350. The molecule has 0 spiro atoms. The van der Waals surface area contributed by atoms with Crippen LogP contribution in [-0.4, -0.2) is 19.7 Å². The van der Waals surface area contributed by atoms with E-state index in [2.05, 4.69) is 15.1 Å². The maximum atomic E-state index is 12.8. The van der Waals surface area contributed by atoms with Crippen molar-refractivity contribution < 1.29 is 8.94 Å². The first-order valence-electron chi connectivity index (χ1n) is 8.15. The Morgan fingerprint density at radius 3 is 2.78 bits per heavy atom. The van der Waals surface area contributed by atoms with E-state index in [4.69, 9.17) is 20.5 Å². The van der Waals surface area contributed by atoms with Crippen LogP contribution in [0.1, 0.15) is 5.82 Å². The fourth-order valence-corrected chi connectivity index (χ4v) is 3.16. The Morgan fingerprint density at radius 2 is 1.89 bits per heavy atom. The molecule has 0 radical (unpaired) electrons. The van der Waals surface area contributed by atoms with Crippen LogP contribution >= 0.6 is 11.6 Å². The third-order valence-electron chi connectivity index (χ3n) is 4.23. The van der Waals surface area contributed by atoms with Gasteiger partial charge in [0.25, 0.3) is 11.4 Å². The van der Waals surface area contributed by atoms with Crippen LogP contribution in [0.5, 0.6) is 0 Å². The Balaban J connectivity index is 1.54. The topological polar surface area (TPSA) is 87.0 Å². The van der Waals surface area contributed by atoms with E-state index < -0.39 is 0 Å². The molecule has 2 aromatic carbocycles. The van der Waals surface area contributed by atoms with E-state index in [1.54, 1.807) is 18.2 Å². The van der Waals surface area contributed by atoms with Crippen molar-refractivity contribution in [3.05, 3.63) is 76.1 Å². The molecule has 0 atom stereocenters. The van der Waals surface area contributed by atoms with Gasteiger partial charge in [-0.05, 0) is 24.3 Å². The third kappa shape index (κ3) is 2.60. The van der Waals surface area contributed by atoms with E-state index in [0.717, 1.165) is 5.39 Å². The minimum atomic E-state index is -0.305. The summed E-state index contributed by atoms with van der Waals surface area (Å²) in [5.74, 6) is 0.630. The Kier molecular flexibility index (Phi) is 3.54. The SMILES string of the molecule is O=c1c2oc3ccccc3c2ncn1Cc1noc(-c2ccccc2Cl)n1. The molecule has 3 aromatic heterocycles. The first-order chi connectivity index (χ1) is 13.2. The number of halogens is 1. The van der Waals surface area contributed by atoms with Gasteiger partial charge in [0.2, 0.25) is 5.58 Å². The molecule has 3 heterocycles. The molecule has 8 heteroatoms. The molecule has 132 valence electrons. The summed E-state index contributed by atoms with van der Waals surface area (Å²) in [6.45, 7) is 0.104. The van der Waals surface area contributed by atoms with Crippen molar-refractivity contribution in [1.29, 1.82) is 0 Å². The van der Waals surface area contributed by atoms with E-state index >= 15 is 0 Å². The van der Waals surface area contributed by atoms with E-state index in [-0.39, 0.29) is 17.7 Å². The van der Waals surface area contributed by atoms with Crippen LogP contribution in [0, 0.1) is 0 Å². The number of hydrogen-bond acceptors (Lipinski definition) is 6. The highest BCUT2D eigenvalue weighted by atomic mass is 35.5. The largest absolute Gasteiger partial charge is 0.448 e. The van der Waals surface area contributed by atoms with Gasteiger partial charge in [0.15, 0.2) is 5.82 Å². The fraction of sp³-hybridized carbons (Fsp3) is 0.0526. The summed E-state index contributed by atoms with van der Waals surface area (Å²) in [6.07, 6.45) is 1.46. The number of nitrogens with zero attached hydrogens (tertiary/aromatic N) is 4. The number of rotatable bonds is 3. The molecule has 0 aliphatic rings. The molecule has 0 aliphatic carbocycles. The van der Waals surface area contributed by atoms with Gasteiger partial charge < -0.3 is 8.94 Å². The predicted octanol–water partition coefficient (Wildman–Crippen LogP) is 3.89. The molecule has 0 fully saturated rings. The zero-order chi connectivity index (χ0) is 18.4. The van der Waals surface area contributed by atoms with Crippen molar-refractivity contribution >= 4 is 33.7 Å². The van der Waals surface area contributed by atoms with Crippen LogP contribution in [0.15, 0.2) is 68.6 Å².